The Hall–Kier alpha value is -0.000000000000000111. The van der Waals surface area contributed by atoms with Crippen LogP contribution in [0.3, 0.4) is 0 Å². The Labute approximate surface area is 117 Å². The summed E-state index contributed by atoms with van der Waals surface area (Å²) < 4.78 is 1.94. The molecule has 0 atom stereocenters. The topological polar surface area (TPSA) is 20.3 Å². The van der Waals surface area contributed by atoms with E-state index >= 15 is 0 Å². The number of hydrogen-bond donors (Lipinski definition) is 0. The summed E-state index contributed by atoms with van der Waals surface area (Å²) >= 11 is 8.07. The minimum Gasteiger partial charge on any atom is -0.334 e. The lowest BCUT2D eigenvalue weighted by Gasteiger charge is -2.17. The number of carbonyl (C=O) groups excluding carboxylic acids is 1. The lowest BCUT2D eigenvalue weighted by Crippen LogP contribution is -2.26. The van der Waals surface area contributed by atoms with E-state index in [-0.39, 0.29) is 5.24 Å². The van der Waals surface area contributed by atoms with Crippen molar-refractivity contribution in [3.05, 3.63) is 27.1 Å². The van der Waals surface area contributed by atoms with Crippen LogP contribution in [0.25, 0.3) is 0 Å². The SMILES string of the molecule is CCN(CC)C(=O)Sc1cc(Br)cc(Br)c1. The van der Waals surface area contributed by atoms with Gasteiger partial charge in [0, 0.05) is 26.9 Å². The van der Waals surface area contributed by atoms with Crippen LogP contribution in [-0.2, 0) is 0 Å². The second-order valence-electron chi connectivity index (χ2n) is 3.15. The normalized spacial score (nSPS) is 10.2. The van der Waals surface area contributed by atoms with Crippen molar-refractivity contribution in [2.24, 2.45) is 0 Å². The van der Waals surface area contributed by atoms with E-state index in [1.54, 1.807) is 4.90 Å². The zero-order valence-corrected chi connectivity index (χ0v) is 13.2. The third-order valence-corrected chi connectivity index (χ3v) is 3.88. The van der Waals surface area contributed by atoms with Crippen LogP contribution in [0.5, 0.6) is 0 Å². The van der Waals surface area contributed by atoms with Gasteiger partial charge in [0.15, 0.2) is 0 Å². The largest absolute Gasteiger partial charge is 0.334 e. The minimum absolute atomic E-state index is 0.0926. The molecule has 0 unspecified atom stereocenters. The van der Waals surface area contributed by atoms with Gasteiger partial charge >= 0.3 is 0 Å². The van der Waals surface area contributed by atoms with E-state index in [0.717, 1.165) is 26.9 Å². The van der Waals surface area contributed by atoms with Gasteiger partial charge in [0.25, 0.3) is 5.24 Å². The highest BCUT2D eigenvalue weighted by atomic mass is 79.9. The molecule has 1 rings (SSSR count). The van der Waals surface area contributed by atoms with Crippen molar-refractivity contribution in [1.29, 1.82) is 0 Å². The Bertz CT molecular complexity index is 360. The van der Waals surface area contributed by atoms with E-state index in [2.05, 4.69) is 31.9 Å². The van der Waals surface area contributed by atoms with Crippen molar-refractivity contribution >= 4 is 48.9 Å². The summed E-state index contributed by atoms with van der Waals surface area (Å²) in [5.41, 5.74) is 0. The van der Waals surface area contributed by atoms with Gasteiger partial charge in [-0.25, -0.2) is 0 Å². The van der Waals surface area contributed by atoms with Crippen LogP contribution in [0.4, 0.5) is 4.79 Å². The first-order chi connectivity index (χ1) is 7.56. The molecule has 1 aromatic carbocycles. The molecule has 0 aromatic heterocycles. The first kappa shape index (κ1) is 14.1. The fraction of sp³-hybridized carbons (Fsp3) is 0.364. The maximum absolute atomic E-state index is 11.9. The Morgan fingerprint density at radius 1 is 1.19 bits per heavy atom. The van der Waals surface area contributed by atoms with Crippen LogP contribution in [0.2, 0.25) is 0 Å². The number of nitrogens with zero attached hydrogens (tertiary/aromatic N) is 1. The van der Waals surface area contributed by atoms with Gasteiger partial charge in [0.1, 0.15) is 0 Å². The number of hydrogen-bond acceptors (Lipinski definition) is 2. The van der Waals surface area contributed by atoms with Gasteiger partial charge in [-0.2, -0.15) is 0 Å². The standard InChI is InChI=1S/C11H13Br2NOS/c1-3-14(4-2)11(15)16-10-6-8(12)5-9(13)7-10/h5-7H,3-4H2,1-2H3. The third kappa shape index (κ3) is 4.11. The van der Waals surface area contributed by atoms with Gasteiger partial charge in [-0.05, 0) is 43.8 Å². The molecular formula is C11H13Br2NOS. The molecule has 1 aromatic rings. The molecule has 0 aliphatic heterocycles. The highest BCUT2D eigenvalue weighted by Gasteiger charge is 2.11. The van der Waals surface area contributed by atoms with Crippen molar-refractivity contribution < 1.29 is 4.79 Å². The van der Waals surface area contributed by atoms with E-state index < -0.39 is 0 Å². The van der Waals surface area contributed by atoms with Gasteiger partial charge in [-0.15, -0.1) is 0 Å². The van der Waals surface area contributed by atoms with E-state index in [9.17, 15) is 4.79 Å². The molecule has 0 saturated carbocycles. The summed E-state index contributed by atoms with van der Waals surface area (Å²) in [5.74, 6) is 0. The van der Waals surface area contributed by atoms with Gasteiger partial charge in [0.05, 0.1) is 0 Å². The monoisotopic (exact) mass is 365 g/mol. The summed E-state index contributed by atoms with van der Waals surface area (Å²) in [7, 11) is 0. The van der Waals surface area contributed by atoms with Gasteiger partial charge in [-0.3, -0.25) is 4.79 Å². The van der Waals surface area contributed by atoms with Crippen molar-refractivity contribution in [1.82, 2.24) is 4.90 Å². The molecule has 0 bridgehead atoms. The van der Waals surface area contributed by atoms with Crippen molar-refractivity contribution in [2.75, 3.05) is 13.1 Å². The quantitative estimate of drug-likeness (QED) is 0.718. The Kier molecular flexibility index (Phi) is 5.86. The first-order valence-corrected chi connectivity index (χ1v) is 7.40. The smallest absolute Gasteiger partial charge is 0.286 e. The first-order valence-electron chi connectivity index (χ1n) is 4.99. The van der Waals surface area contributed by atoms with Crippen LogP contribution in [-0.4, -0.2) is 23.2 Å². The molecule has 5 heteroatoms. The second-order valence-corrected chi connectivity index (χ2v) is 6.00. The molecule has 0 radical (unpaired) electrons. The average Bonchev–Trinajstić information content (AvgIpc) is 2.17. The molecule has 1 amide bonds. The van der Waals surface area contributed by atoms with Crippen LogP contribution >= 0.6 is 43.6 Å². The van der Waals surface area contributed by atoms with Gasteiger partial charge < -0.3 is 4.90 Å². The second kappa shape index (κ2) is 6.67. The number of carbonyl (C=O) groups is 1. The maximum Gasteiger partial charge on any atom is 0.286 e. The van der Waals surface area contributed by atoms with E-state index in [1.165, 1.54) is 11.8 Å². The molecule has 0 aliphatic carbocycles. The zero-order chi connectivity index (χ0) is 12.1. The van der Waals surface area contributed by atoms with E-state index in [4.69, 9.17) is 0 Å². The molecule has 88 valence electrons. The molecule has 0 aliphatic rings. The van der Waals surface area contributed by atoms with E-state index in [0.29, 0.717) is 0 Å². The van der Waals surface area contributed by atoms with Crippen LogP contribution in [0.15, 0.2) is 32.0 Å². The Morgan fingerprint density at radius 3 is 2.12 bits per heavy atom. The fourth-order valence-electron chi connectivity index (χ4n) is 1.23. The lowest BCUT2D eigenvalue weighted by atomic mass is 10.4. The summed E-state index contributed by atoms with van der Waals surface area (Å²) in [6, 6.07) is 5.83. The molecular weight excluding hydrogens is 354 g/mol. The highest BCUT2D eigenvalue weighted by molar-refractivity contribution is 9.11. The molecule has 2 nitrogen and oxygen atoms in total. The molecule has 16 heavy (non-hydrogen) atoms. The number of thioether (sulfide) groups is 1. The molecule has 0 N–H and O–H groups in total. The van der Waals surface area contributed by atoms with Gasteiger partial charge in [-0.1, -0.05) is 31.9 Å². The van der Waals surface area contributed by atoms with Gasteiger partial charge in [0.2, 0.25) is 0 Å². The van der Waals surface area contributed by atoms with Crippen LogP contribution in [0.1, 0.15) is 13.8 Å². The van der Waals surface area contributed by atoms with Crippen LogP contribution < -0.4 is 0 Å². The average molecular weight is 367 g/mol. The van der Waals surface area contributed by atoms with Crippen LogP contribution in [0, 0.1) is 0 Å². The van der Waals surface area contributed by atoms with Crippen molar-refractivity contribution in [3.63, 3.8) is 0 Å². The summed E-state index contributed by atoms with van der Waals surface area (Å²) in [4.78, 5) is 14.6. The number of halogens is 2. The zero-order valence-electron chi connectivity index (χ0n) is 9.17. The van der Waals surface area contributed by atoms with Crippen molar-refractivity contribution in [2.45, 2.75) is 18.7 Å². The Balaban J connectivity index is 2.76. The summed E-state index contributed by atoms with van der Waals surface area (Å²) in [5, 5.41) is 0.0926. The Morgan fingerprint density at radius 2 is 1.69 bits per heavy atom. The highest BCUT2D eigenvalue weighted by Crippen LogP contribution is 2.28. The predicted octanol–water partition coefficient (Wildman–Crippen LogP) is 4.77. The summed E-state index contributed by atoms with van der Waals surface area (Å²) in [6.45, 7) is 5.46. The molecule has 0 spiro atoms. The maximum atomic E-state index is 11.9. The number of amides is 1. The third-order valence-electron chi connectivity index (χ3n) is 2.06. The van der Waals surface area contributed by atoms with E-state index in [1.807, 2.05) is 32.0 Å². The molecule has 0 saturated heterocycles. The molecule has 0 fully saturated rings. The number of benzene rings is 1. The minimum atomic E-state index is 0.0926. The van der Waals surface area contributed by atoms with Crippen molar-refractivity contribution in [3.8, 4) is 0 Å². The molecule has 0 heterocycles. The predicted molar refractivity (Wildman–Crippen MR) is 76.0 cm³/mol. The lowest BCUT2D eigenvalue weighted by molar-refractivity contribution is 0.228. The number of rotatable bonds is 3. The fourth-order valence-corrected chi connectivity index (χ4v) is 3.79. The summed E-state index contributed by atoms with van der Waals surface area (Å²) in [6.07, 6.45) is 0.